The highest BCUT2D eigenvalue weighted by Gasteiger charge is 2.32. The number of pyridine rings is 1. The first-order chi connectivity index (χ1) is 14.5. The first kappa shape index (κ1) is 22.7. The van der Waals surface area contributed by atoms with Crippen molar-refractivity contribution in [1.82, 2.24) is 10.3 Å². The Morgan fingerprint density at radius 2 is 2.06 bits per heavy atom. The lowest BCUT2D eigenvalue weighted by Gasteiger charge is -2.12. The molecule has 13 heteroatoms. The van der Waals surface area contributed by atoms with Crippen LogP contribution in [0.3, 0.4) is 0 Å². The van der Waals surface area contributed by atoms with E-state index in [-0.39, 0.29) is 17.3 Å². The van der Waals surface area contributed by atoms with E-state index < -0.39 is 43.5 Å². The van der Waals surface area contributed by atoms with E-state index in [9.17, 15) is 30.8 Å². The molecule has 3 rings (SSSR count). The molecule has 2 heterocycles. The van der Waals surface area contributed by atoms with E-state index in [0.29, 0.717) is 38.0 Å². The molecule has 1 fully saturated rings. The lowest BCUT2D eigenvalue weighted by Crippen LogP contribution is -2.30. The molecule has 0 bridgehead atoms. The topological polar surface area (TPSA) is 121 Å². The molecule has 1 aromatic carbocycles. The van der Waals surface area contributed by atoms with Gasteiger partial charge >= 0.3 is 6.36 Å². The van der Waals surface area contributed by atoms with Gasteiger partial charge in [0.15, 0.2) is 5.69 Å². The van der Waals surface area contributed by atoms with Crippen LogP contribution in [0.15, 0.2) is 40.3 Å². The quantitative estimate of drug-likeness (QED) is 0.631. The summed E-state index contributed by atoms with van der Waals surface area (Å²) < 4.78 is 85.0. The van der Waals surface area contributed by atoms with E-state index in [1.54, 1.807) is 0 Å². The largest absolute Gasteiger partial charge is 0.573 e. The number of anilines is 1. The number of hydrogen-bond donors (Lipinski definition) is 2. The number of benzene rings is 1. The Kier molecular flexibility index (Phi) is 6.36. The Balaban J connectivity index is 1.80. The zero-order valence-corrected chi connectivity index (χ0v) is 16.6. The molecule has 1 aromatic heterocycles. The van der Waals surface area contributed by atoms with Crippen LogP contribution in [0.1, 0.15) is 16.9 Å². The summed E-state index contributed by atoms with van der Waals surface area (Å²) in [5, 5.41) is 2.63. The third kappa shape index (κ3) is 5.41. The average molecular weight is 463 g/mol. The van der Waals surface area contributed by atoms with Crippen LogP contribution in [0.2, 0.25) is 0 Å². The molecular weight excluding hydrogens is 446 g/mol. The van der Waals surface area contributed by atoms with Gasteiger partial charge < -0.3 is 20.5 Å². The fraction of sp³-hybridized carbons (Fsp3) is 0.333. The number of hydrogen-bond acceptors (Lipinski definition) is 7. The molecular formula is C18H17F4N3O5S. The molecule has 0 saturated carbocycles. The lowest BCUT2D eigenvalue weighted by molar-refractivity contribution is -0.274. The van der Waals surface area contributed by atoms with Gasteiger partial charge in [-0.15, -0.1) is 13.2 Å². The number of carbonyl (C=O) groups is 1. The number of nitrogens with two attached hydrogens (primary N) is 1. The number of aromatic nitrogens is 1. The number of rotatable bonds is 6. The van der Waals surface area contributed by atoms with Gasteiger partial charge in [-0.25, -0.2) is 17.8 Å². The molecule has 0 aliphatic carbocycles. The number of sulfone groups is 1. The fourth-order valence-electron chi connectivity index (χ4n) is 2.89. The number of halogens is 4. The zero-order valence-electron chi connectivity index (χ0n) is 15.8. The van der Waals surface area contributed by atoms with Gasteiger partial charge in [0.25, 0.3) is 5.91 Å². The summed E-state index contributed by atoms with van der Waals surface area (Å²) in [6, 6.07) is 2.52. The molecule has 31 heavy (non-hydrogen) atoms. The number of nitrogens with zero attached hydrogens (tertiary/aromatic N) is 1. The lowest BCUT2D eigenvalue weighted by atomic mass is 10.1. The van der Waals surface area contributed by atoms with Crippen LogP contribution in [-0.2, 0) is 14.6 Å². The number of ether oxygens (including phenoxy) is 2. The maximum Gasteiger partial charge on any atom is 0.573 e. The number of alkyl halides is 3. The molecule has 1 aliphatic rings. The smallest absolute Gasteiger partial charge is 0.406 e. The summed E-state index contributed by atoms with van der Waals surface area (Å²) in [6.07, 6.45) is -3.45. The SMILES string of the molecule is Nc1cc(S(=O)(=O)c2ccc(OC(F)(F)F)cc2F)cnc1C(=O)NC[C@H]1CCOC1. The van der Waals surface area contributed by atoms with Crippen molar-refractivity contribution in [3.8, 4) is 5.75 Å². The van der Waals surface area contributed by atoms with Crippen molar-refractivity contribution in [2.45, 2.75) is 22.6 Å². The van der Waals surface area contributed by atoms with Crippen molar-refractivity contribution in [3.63, 3.8) is 0 Å². The third-order valence-electron chi connectivity index (χ3n) is 4.42. The summed E-state index contributed by atoms with van der Waals surface area (Å²) in [5.74, 6) is -2.84. The maximum atomic E-state index is 14.2. The van der Waals surface area contributed by atoms with Crippen LogP contribution in [0.25, 0.3) is 0 Å². The predicted octanol–water partition coefficient (Wildman–Crippen LogP) is 2.30. The van der Waals surface area contributed by atoms with Crippen LogP contribution in [0.4, 0.5) is 23.2 Å². The molecule has 0 radical (unpaired) electrons. The van der Waals surface area contributed by atoms with Gasteiger partial charge in [-0.1, -0.05) is 0 Å². The number of nitrogen functional groups attached to an aromatic ring is 1. The standard InChI is InChI=1S/C18H17F4N3O5S/c19-13-5-11(30-18(20,21)22)1-2-15(13)31(27,28)12-6-14(23)16(24-8-12)17(26)25-7-10-3-4-29-9-10/h1-2,5-6,8,10H,3-4,7,9,23H2,(H,25,26)/t10-/m1/s1. The van der Waals surface area contributed by atoms with Crippen LogP contribution in [0.5, 0.6) is 5.75 Å². The minimum absolute atomic E-state index is 0.150. The van der Waals surface area contributed by atoms with E-state index in [1.165, 1.54) is 0 Å². The molecule has 1 aliphatic heterocycles. The Bertz CT molecular complexity index is 1090. The number of nitrogens with one attached hydrogen (secondary N) is 1. The first-order valence-corrected chi connectivity index (χ1v) is 10.4. The van der Waals surface area contributed by atoms with E-state index >= 15 is 0 Å². The first-order valence-electron chi connectivity index (χ1n) is 8.89. The van der Waals surface area contributed by atoms with Gasteiger partial charge in [-0.2, -0.15) is 0 Å². The van der Waals surface area contributed by atoms with Crippen molar-refractivity contribution in [2.75, 3.05) is 25.5 Å². The highest BCUT2D eigenvalue weighted by Crippen LogP contribution is 2.30. The van der Waals surface area contributed by atoms with Crippen LogP contribution < -0.4 is 15.8 Å². The molecule has 2 aromatic rings. The minimum atomic E-state index is -5.06. The molecule has 3 N–H and O–H groups in total. The van der Waals surface area contributed by atoms with Crippen molar-refractivity contribution in [1.29, 1.82) is 0 Å². The van der Waals surface area contributed by atoms with Crippen molar-refractivity contribution >= 4 is 21.4 Å². The normalized spacial score (nSPS) is 16.8. The van der Waals surface area contributed by atoms with E-state index in [0.717, 1.165) is 18.7 Å². The van der Waals surface area contributed by atoms with Gasteiger partial charge in [-0.3, -0.25) is 4.79 Å². The average Bonchev–Trinajstić information content (AvgIpc) is 3.18. The van der Waals surface area contributed by atoms with Crippen molar-refractivity contribution in [2.24, 2.45) is 5.92 Å². The molecule has 0 spiro atoms. The van der Waals surface area contributed by atoms with Gasteiger partial charge in [-0.05, 0) is 24.6 Å². The van der Waals surface area contributed by atoms with E-state index in [2.05, 4.69) is 15.0 Å². The molecule has 0 unspecified atom stereocenters. The van der Waals surface area contributed by atoms with Crippen LogP contribution in [0, 0.1) is 11.7 Å². The van der Waals surface area contributed by atoms with E-state index in [1.807, 2.05) is 0 Å². The van der Waals surface area contributed by atoms with Gasteiger partial charge in [0.05, 0.1) is 17.2 Å². The second-order valence-corrected chi connectivity index (χ2v) is 8.61. The highest BCUT2D eigenvalue weighted by molar-refractivity contribution is 7.91. The second kappa shape index (κ2) is 8.67. The second-order valence-electron chi connectivity index (χ2n) is 6.69. The molecule has 168 valence electrons. The van der Waals surface area contributed by atoms with Gasteiger partial charge in [0.1, 0.15) is 16.5 Å². The summed E-state index contributed by atoms with van der Waals surface area (Å²) in [7, 11) is -4.52. The number of amides is 1. The van der Waals surface area contributed by atoms with Crippen molar-refractivity contribution < 1.29 is 40.2 Å². The molecule has 1 saturated heterocycles. The summed E-state index contributed by atoms with van der Waals surface area (Å²) in [5.41, 5.74) is 5.28. The Morgan fingerprint density at radius 3 is 2.65 bits per heavy atom. The predicted molar refractivity (Wildman–Crippen MR) is 98.4 cm³/mol. The minimum Gasteiger partial charge on any atom is -0.406 e. The highest BCUT2D eigenvalue weighted by atomic mass is 32.2. The molecule has 1 atom stereocenters. The summed E-state index contributed by atoms with van der Waals surface area (Å²) >= 11 is 0. The van der Waals surface area contributed by atoms with Gasteiger partial charge in [0.2, 0.25) is 9.84 Å². The van der Waals surface area contributed by atoms with Crippen LogP contribution in [-0.4, -0.2) is 45.4 Å². The fourth-order valence-corrected chi connectivity index (χ4v) is 4.18. The van der Waals surface area contributed by atoms with Crippen LogP contribution >= 0.6 is 0 Å². The third-order valence-corrected chi connectivity index (χ3v) is 6.17. The Morgan fingerprint density at radius 1 is 1.32 bits per heavy atom. The summed E-state index contributed by atoms with van der Waals surface area (Å²) in [6.45, 7) is 1.45. The summed E-state index contributed by atoms with van der Waals surface area (Å²) in [4.78, 5) is 14.6. The maximum absolute atomic E-state index is 14.2. The Labute approximate surface area is 174 Å². The molecule has 8 nitrogen and oxygen atoms in total. The zero-order chi connectivity index (χ0) is 22.8. The monoisotopic (exact) mass is 463 g/mol. The number of carbonyl (C=O) groups excluding carboxylic acids is 1. The molecule has 1 amide bonds. The van der Waals surface area contributed by atoms with Crippen molar-refractivity contribution in [3.05, 3.63) is 42.0 Å². The van der Waals surface area contributed by atoms with E-state index in [4.69, 9.17) is 10.5 Å². The Hall–Kier alpha value is -2.93. The van der Waals surface area contributed by atoms with Gasteiger partial charge in [0, 0.05) is 31.3 Å².